The first-order valence-corrected chi connectivity index (χ1v) is 13.2. The average molecular weight is 618 g/mol. The van der Waals surface area contributed by atoms with Crippen LogP contribution in [0.3, 0.4) is 0 Å². The number of likely N-dealkylation sites (N-methyl/N-ethyl adjacent to an activating group) is 1. The lowest BCUT2D eigenvalue weighted by Gasteiger charge is -2.43. The van der Waals surface area contributed by atoms with Crippen LogP contribution in [-0.2, 0) is 9.47 Å². The Morgan fingerprint density at radius 1 is 1.32 bits per heavy atom. The lowest BCUT2D eigenvalue weighted by Crippen LogP contribution is -2.57. The van der Waals surface area contributed by atoms with E-state index >= 15 is 4.39 Å². The molecule has 2 atom stereocenters. The van der Waals surface area contributed by atoms with E-state index in [-0.39, 0.29) is 56.7 Å². The molecule has 2 aliphatic rings. The highest BCUT2D eigenvalue weighted by Gasteiger charge is 2.41. The molecule has 2 fully saturated rings. The van der Waals surface area contributed by atoms with Gasteiger partial charge in [0.1, 0.15) is 16.8 Å². The van der Waals surface area contributed by atoms with E-state index in [0.29, 0.717) is 13.1 Å². The predicted molar refractivity (Wildman–Crippen MR) is 147 cm³/mol. The van der Waals surface area contributed by atoms with Crippen molar-refractivity contribution in [2.24, 2.45) is 0 Å². The Kier molecular flexibility index (Phi) is 7.95. The number of benzene rings is 1. The number of hydrogen-bond donors (Lipinski definition) is 1. The zero-order chi connectivity index (χ0) is 28.1. The second-order valence-electron chi connectivity index (χ2n) is 10.7. The van der Waals surface area contributed by atoms with Gasteiger partial charge < -0.3 is 29.5 Å². The minimum atomic E-state index is -0.721. The Hall–Kier alpha value is -2.48. The zero-order valence-corrected chi connectivity index (χ0v) is 24.4. The molecule has 2 saturated heterocycles. The summed E-state index contributed by atoms with van der Waals surface area (Å²) in [7, 11) is 5.35. The molecule has 0 radical (unpaired) electrons. The number of aromatic nitrogens is 1. The number of nitrogens with one attached hydrogen (secondary N) is 1. The molecule has 11 nitrogen and oxygen atoms in total. The molecule has 0 bridgehead atoms. The van der Waals surface area contributed by atoms with Crippen molar-refractivity contribution in [2.75, 3.05) is 57.6 Å². The molecule has 4 rings (SSSR count). The van der Waals surface area contributed by atoms with Crippen molar-refractivity contribution in [1.29, 1.82) is 0 Å². The van der Waals surface area contributed by atoms with E-state index in [1.54, 1.807) is 25.7 Å². The van der Waals surface area contributed by atoms with Gasteiger partial charge in [-0.15, -0.1) is 0 Å². The first kappa shape index (κ1) is 28.5. The molecule has 38 heavy (non-hydrogen) atoms. The van der Waals surface area contributed by atoms with Gasteiger partial charge in [-0.25, -0.2) is 14.2 Å². The molecule has 1 amide bonds. The minimum Gasteiger partial charge on any atom is -0.444 e. The number of halogens is 3. The number of likely N-dealkylation sites (tertiary alicyclic amines) is 1. The normalized spacial score (nSPS) is 20.3. The highest BCUT2D eigenvalue weighted by Crippen LogP contribution is 2.45. The number of carbonyl (C=O) groups is 1. The second kappa shape index (κ2) is 10.6. The summed E-state index contributed by atoms with van der Waals surface area (Å²) in [6, 6.07) is 1.07. The molecule has 208 valence electrons. The Morgan fingerprint density at radius 2 is 1.97 bits per heavy atom. The molecule has 14 heteroatoms. The molecule has 1 aromatic carbocycles. The first-order chi connectivity index (χ1) is 17.7. The number of pyridine rings is 1. The van der Waals surface area contributed by atoms with Gasteiger partial charge in [-0.1, -0.05) is 11.6 Å². The van der Waals surface area contributed by atoms with Gasteiger partial charge in [0.05, 0.1) is 33.1 Å². The van der Waals surface area contributed by atoms with Crippen molar-refractivity contribution in [3.63, 3.8) is 0 Å². The molecule has 2 aromatic rings. The van der Waals surface area contributed by atoms with Crippen molar-refractivity contribution in [3.8, 4) is 0 Å². The van der Waals surface area contributed by atoms with Crippen LogP contribution in [0.1, 0.15) is 20.8 Å². The maximum atomic E-state index is 15.4. The summed E-state index contributed by atoms with van der Waals surface area (Å²) in [5.41, 5.74) is -0.981. The number of ether oxygens (including phenoxy) is 2. The summed E-state index contributed by atoms with van der Waals surface area (Å²) < 4.78 is 26.5. The van der Waals surface area contributed by atoms with E-state index in [0.717, 1.165) is 0 Å². The Bertz CT molecular complexity index is 1270. The number of nitro groups is 1. The van der Waals surface area contributed by atoms with Crippen LogP contribution in [-0.4, -0.2) is 97.0 Å². The Morgan fingerprint density at radius 3 is 2.53 bits per heavy atom. The maximum Gasteiger partial charge on any atom is 0.410 e. The number of fused-ring (bicyclic) bond motifs is 1. The first-order valence-electron chi connectivity index (χ1n) is 12.1. The van der Waals surface area contributed by atoms with Gasteiger partial charge in [-0.05, 0) is 56.9 Å². The Labute approximate surface area is 233 Å². The summed E-state index contributed by atoms with van der Waals surface area (Å²) in [5.74, 6) is -0.659. The zero-order valence-electron chi connectivity index (χ0n) is 22.0. The summed E-state index contributed by atoms with van der Waals surface area (Å²) >= 11 is 9.42. The summed E-state index contributed by atoms with van der Waals surface area (Å²) in [6.07, 6.45) is -1.03. The molecular weight excluding hydrogens is 587 g/mol. The smallest absolute Gasteiger partial charge is 0.410 e. The van der Waals surface area contributed by atoms with Crippen molar-refractivity contribution in [3.05, 3.63) is 31.5 Å². The molecule has 2 aliphatic heterocycles. The molecule has 0 unspecified atom stereocenters. The number of hydrogen-bond acceptors (Lipinski definition) is 9. The number of amides is 1. The van der Waals surface area contributed by atoms with E-state index in [1.807, 2.05) is 19.0 Å². The van der Waals surface area contributed by atoms with E-state index in [1.165, 1.54) is 18.1 Å². The van der Waals surface area contributed by atoms with Crippen molar-refractivity contribution >= 4 is 61.7 Å². The van der Waals surface area contributed by atoms with Gasteiger partial charge in [-0.3, -0.25) is 10.1 Å². The van der Waals surface area contributed by atoms with E-state index in [9.17, 15) is 14.9 Å². The topological polar surface area (TPSA) is 113 Å². The fourth-order valence-electron chi connectivity index (χ4n) is 4.59. The van der Waals surface area contributed by atoms with Crippen LogP contribution in [0.4, 0.5) is 26.4 Å². The van der Waals surface area contributed by atoms with Crippen LogP contribution in [0, 0.1) is 15.9 Å². The number of methoxy groups -OCH3 is 1. The van der Waals surface area contributed by atoms with Crippen LogP contribution in [0.15, 0.2) is 10.5 Å². The van der Waals surface area contributed by atoms with Crippen molar-refractivity contribution in [1.82, 2.24) is 14.8 Å². The van der Waals surface area contributed by atoms with Crippen LogP contribution < -0.4 is 10.2 Å². The molecule has 1 aromatic heterocycles. The molecule has 0 aliphatic carbocycles. The molecular formula is C24H31BrClFN6O5. The highest BCUT2D eigenvalue weighted by molar-refractivity contribution is 9.10. The van der Waals surface area contributed by atoms with Crippen molar-refractivity contribution < 1.29 is 23.6 Å². The van der Waals surface area contributed by atoms with Gasteiger partial charge in [0, 0.05) is 38.2 Å². The molecule has 1 N–H and O–H groups in total. The van der Waals surface area contributed by atoms with Crippen LogP contribution in [0.25, 0.3) is 10.9 Å². The average Bonchev–Trinajstić information content (AvgIpc) is 3.19. The minimum absolute atomic E-state index is 0.0198. The number of nitrogens with zero attached hydrogens (tertiary/aromatic N) is 5. The summed E-state index contributed by atoms with van der Waals surface area (Å²) in [4.78, 5) is 34.4. The Balaban J connectivity index is 1.80. The third kappa shape index (κ3) is 5.47. The van der Waals surface area contributed by atoms with Gasteiger partial charge >= 0.3 is 11.8 Å². The second-order valence-corrected chi connectivity index (χ2v) is 11.9. The fraction of sp³-hybridized carbons (Fsp3) is 0.583. The van der Waals surface area contributed by atoms with E-state index in [2.05, 4.69) is 26.2 Å². The number of anilines is 2. The lowest BCUT2D eigenvalue weighted by molar-refractivity contribution is -0.383. The monoisotopic (exact) mass is 616 g/mol. The lowest BCUT2D eigenvalue weighted by atomic mass is 10.1. The van der Waals surface area contributed by atoms with Crippen LogP contribution in [0.5, 0.6) is 0 Å². The summed E-state index contributed by atoms with van der Waals surface area (Å²) in [6.45, 7) is 6.67. The number of carbonyl (C=O) groups excluding carboxylic acids is 1. The van der Waals surface area contributed by atoms with E-state index < -0.39 is 34.6 Å². The van der Waals surface area contributed by atoms with E-state index in [4.69, 9.17) is 21.1 Å². The third-order valence-corrected chi connectivity index (χ3v) is 8.00. The SMILES string of the molecule is CO[C@H]1CN(C(=O)OC(C)(C)C)C[C@@H]1Nc1c([N+](=O)[O-])c(N2CC(N(C)C)C2)nc2c(F)c(Br)c(Cl)cc12. The standard InChI is InChI=1S/C24H31BrClFN6O5/c1-24(2,3)38-23(34)32-10-15(16(11-32)37-6)28-20-13-7-14(26)17(25)18(27)19(13)29-22(21(20)33(35)36)31-8-12(9-31)30(4)5/h7,12,15-16H,8-11H2,1-6H3,(H,28,29)/t15-,16-/m0/s1. The van der Waals surface area contributed by atoms with Crippen LogP contribution >= 0.6 is 27.5 Å². The number of rotatable bonds is 6. The van der Waals surface area contributed by atoms with Gasteiger partial charge in [0.2, 0.25) is 5.82 Å². The van der Waals surface area contributed by atoms with Crippen molar-refractivity contribution in [2.45, 2.75) is 44.6 Å². The molecule has 3 heterocycles. The van der Waals surface area contributed by atoms with Crippen LogP contribution in [0.2, 0.25) is 5.02 Å². The molecule has 0 saturated carbocycles. The fourth-order valence-corrected chi connectivity index (χ4v) is 5.08. The summed E-state index contributed by atoms with van der Waals surface area (Å²) in [5, 5.41) is 15.9. The quantitative estimate of drug-likeness (QED) is 0.285. The van der Waals surface area contributed by atoms with Gasteiger partial charge in [-0.2, -0.15) is 0 Å². The van der Waals surface area contributed by atoms with Gasteiger partial charge in [0.25, 0.3) is 0 Å². The maximum absolute atomic E-state index is 15.4. The largest absolute Gasteiger partial charge is 0.444 e. The highest BCUT2D eigenvalue weighted by atomic mass is 79.9. The predicted octanol–water partition coefficient (Wildman–Crippen LogP) is 4.49. The van der Waals surface area contributed by atoms with Gasteiger partial charge in [0.15, 0.2) is 5.82 Å². The molecule has 0 spiro atoms. The third-order valence-electron chi connectivity index (χ3n) is 6.70.